The zero-order valence-corrected chi connectivity index (χ0v) is 15.3. The minimum atomic E-state index is -0.793. The molecule has 0 saturated carbocycles. The van der Waals surface area contributed by atoms with E-state index < -0.39 is 5.97 Å². The van der Waals surface area contributed by atoms with Gasteiger partial charge in [-0.25, -0.2) is 10.2 Å². The first-order valence-corrected chi connectivity index (χ1v) is 9.42. The van der Waals surface area contributed by atoms with Crippen molar-refractivity contribution in [3.8, 4) is 0 Å². The zero-order valence-electron chi connectivity index (χ0n) is 15.3. The number of anilines is 1. The first-order chi connectivity index (χ1) is 12.5. The Morgan fingerprint density at radius 3 is 2.58 bits per heavy atom. The van der Waals surface area contributed by atoms with Gasteiger partial charge in [-0.2, -0.15) is 0 Å². The Hall–Kier alpha value is -2.28. The van der Waals surface area contributed by atoms with Gasteiger partial charge in [-0.1, -0.05) is 12.1 Å². The molecule has 1 unspecified atom stereocenters. The van der Waals surface area contributed by atoms with Gasteiger partial charge in [-0.05, 0) is 69.3 Å². The van der Waals surface area contributed by atoms with Crippen molar-refractivity contribution in [3.05, 3.63) is 29.8 Å². The molecule has 2 heterocycles. The molecule has 142 valence electrons. The Morgan fingerprint density at radius 2 is 1.92 bits per heavy atom. The third kappa shape index (κ3) is 4.46. The molecular weight excluding hydrogens is 332 g/mol. The summed E-state index contributed by atoms with van der Waals surface area (Å²) < 4.78 is 0. The SMILES string of the molecule is CC1N(CCC2CCNCC2)C(=O)NN1c1ccc(CCC(=O)O)cc1. The monoisotopic (exact) mass is 360 g/mol. The fourth-order valence-electron chi connectivity index (χ4n) is 3.70. The van der Waals surface area contributed by atoms with Crippen LogP contribution in [0, 0.1) is 5.92 Å². The summed E-state index contributed by atoms with van der Waals surface area (Å²) >= 11 is 0. The fourth-order valence-corrected chi connectivity index (χ4v) is 3.70. The van der Waals surface area contributed by atoms with E-state index in [0.29, 0.717) is 12.3 Å². The number of urea groups is 1. The van der Waals surface area contributed by atoms with Gasteiger partial charge in [0.05, 0.1) is 5.69 Å². The lowest BCUT2D eigenvalue weighted by molar-refractivity contribution is -0.136. The van der Waals surface area contributed by atoms with Crippen molar-refractivity contribution in [3.63, 3.8) is 0 Å². The molecular formula is C19H28N4O3. The van der Waals surface area contributed by atoms with Gasteiger partial charge < -0.3 is 15.3 Å². The lowest BCUT2D eigenvalue weighted by atomic mass is 9.94. The number of carbonyl (C=O) groups is 2. The normalized spacial score (nSPS) is 21.1. The van der Waals surface area contributed by atoms with Gasteiger partial charge in [0.25, 0.3) is 0 Å². The molecule has 0 bridgehead atoms. The highest BCUT2D eigenvalue weighted by Crippen LogP contribution is 2.24. The molecule has 0 radical (unpaired) electrons. The van der Waals surface area contributed by atoms with Gasteiger partial charge >= 0.3 is 12.0 Å². The van der Waals surface area contributed by atoms with Gasteiger partial charge in [-0.15, -0.1) is 0 Å². The predicted octanol–water partition coefficient (Wildman–Crippen LogP) is 2.19. The minimum absolute atomic E-state index is 0.0471. The summed E-state index contributed by atoms with van der Waals surface area (Å²) in [5, 5.41) is 14.0. The number of hydrogen-bond donors (Lipinski definition) is 3. The van der Waals surface area contributed by atoms with E-state index in [4.69, 9.17) is 5.11 Å². The Balaban J connectivity index is 1.57. The van der Waals surface area contributed by atoms with Crippen LogP contribution in [-0.2, 0) is 11.2 Å². The number of hydrazine groups is 1. The Bertz CT molecular complexity index is 628. The zero-order chi connectivity index (χ0) is 18.5. The quantitative estimate of drug-likeness (QED) is 0.694. The van der Waals surface area contributed by atoms with Crippen LogP contribution >= 0.6 is 0 Å². The highest BCUT2D eigenvalue weighted by molar-refractivity contribution is 5.80. The number of piperidine rings is 1. The molecule has 2 amide bonds. The van der Waals surface area contributed by atoms with Gasteiger partial charge in [-0.3, -0.25) is 9.80 Å². The number of nitrogens with one attached hydrogen (secondary N) is 2. The average Bonchev–Trinajstić information content (AvgIpc) is 2.93. The van der Waals surface area contributed by atoms with Crippen LogP contribution in [0.2, 0.25) is 0 Å². The summed E-state index contributed by atoms with van der Waals surface area (Å²) in [6.45, 7) is 4.95. The van der Waals surface area contributed by atoms with E-state index in [1.54, 1.807) is 0 Å². The second-order valence-electron chi connectivity index (χ2n) is 7.15. The fraction of sp³-hybridized carbons (Fsp3) is 0.579. The van der Waals surface area contributed by atoms with Gasteiger partial charge in [0.15, 0.2) is 0 Å². The van der Waals surface area contributed by atoms with E-state index in [0.717, 1.165) is 37.3 Å². The molecule has 7 nitrogen and oxygen atoms in total. The number of benzene rings is 1. The average molecular weight is 360 g/mol. The first kappa shape index (κ1) is 18.5. The van der Waals surface area contributed by atoms with Crippen molar-refractivity contribution in [2.45, 2.75) is 45.2 Å². The van der Waals surface area contributed by atoms with Crippen LogP contribution < -0.4 is 15.8 Å². The molecule has 2 aliphatic heterocycles. The van der Waals surface area contributed by atoms with Gasteiger partial charge in [0.1, 0.15) is 6.17 Å². The van der Waals surface area contributed by atoms with Crippen LogP contribution in [0.4, 0.5) is 10.5 Å². The summed E-state index contributed by atoms with van der Waals surface area (Å²) in [5.74, 6) is -0.0993. The maximum absolute atomic E-state index is 12.4. The standard InChI is InChI=1S/C19H28N4O3/c1-14-22(13-10-16-8-11-20-12-9-16)19(26)21-23(14)17-5-2-15(3-6-17)4-7-18(24)25/h2-3,5-6,14,16,20H,4,7-13H2,1H3,(H,21,26)(H,24,25). The molecule has 0 aromatic heterocycles. The lowest BCUT2D eigenvalue weighted by Crippen LogP contribution is -2.39. The lowest BCUT2D eigenvalue weighted by Gasteiger charge is -2.28. The van der Waals surface area contributed by atoms with Crippen molar-refractivity contribution in [2.75, 3.05) is 24.6 Å². The predicted molar refractivity (Wildman–Crippen MR) is 99.8 cm³/mol. The second kappa shape index (κ2) is 8.40. The number of carbonyl (C=O) groups excluding carboxylic acids is 1. The van der Waals surface area contributed by atoms with E-state index >= 15 is 0 Å². The van der Waals surface area contributed by atoms with Crippen molar-refractivity contribution < 1.29 is 14.7 Å². The van der Waals surface area contributed by atoms with E-state index in [1.165, 1.54) is 12.8 Å². The number of rotatable bonds is 7. The summed E-state index contributed by atoms with van der Waals surface area (Å²) in [6, 6.07) is 7.67. The second-order valence-corrected chi connectivity index (χ2v) is 7.15. The number of carboxylic acids is 1. The first-order valence-electron chi connectivity index (χ1n) is 9.42. The summed E-state index contributed by atoms with van der Waals surface area (Å²) in [5.41, 5.74) is 4.84. The minimum Gasteiger partial charge on any atom is -0.481 e. The maximum atomic E-state index is 12.4. The number of nitrogens with zero attached hydrogens (tertiary/aromatic N) is 2. The van der Waals surface area contributed by atoms with E-state index in [1.807, 2.05) is 41.1 Å². The molecule has 1 atom stereocenters. The number of aliphatic carboxylic acids is 1. The molecule has 2 fully saturated rings. The Labute approximate surface area is 154 Å². The van der Waals surface area contributed by atoms with Crippen molar-refractivity contribution in [2.24, 2.45) is 5.92 Å². The van der Waals surface area contributed by atoms with Gasteiger partial charge in [0.2, 0.25) is 0 Å². The molecule has 26 heavy (non-hydrogen) atoms. The van der Waals surface area contributed by atoms with E-state index in [2.05, 4.69) is 10.7 Å². The molecule has 3 rings (SSSR count). The highest BCUT2D eigenvalue weighted by atomic mass is 16.4. The van der Waals surface area contributed by atoms with E-state index in [9.17, 15) is 9.59 Å². The molecule has 2 saturated heterocycles. The molecule has 2 aliphatic rings. The molecule has 0 aliphatic carbocycles. The van der Waals surface area contributed by atoms with Crippen LogP contribution in [0.3, 0.4) is 0 Å². The van der Waals surface area contributed by atoms with Crippen LogP contribution in [-0.4, -0.2) is 47.8 Å². The molecule has 7 heteroatoms. The summed E-state index contributed by atoms with van der Waals surface area (Å²) in [6.07, 6.45) is 4.01. The smallest absolute Gasteiger partial charge is 0.337 e. The number of aryl methyl sites for hydroxylation is 1. The summed E-state index contributed by atoms with van der Waals surface area (Å²) in [7, 11) is 0. The van der Waals surface area contributed by atoms with Crippen LogP contribution in [0.1, 0.15) is 38.2 Å². The van der Waals surface area contributed by atoms with Crippen LogP contribution in [0.5, 0.6) is 0 Å². The van der Waals surface area contributed by atoms with Gasteiger partial charge in [0, 0.05) is 13.0 Å². The topological polar surface area (TPSA) is 84.9 Å². The van der Waals surface area contributed by atoms with Crippen molar-refractivity contribution in [1.82, 2.24) is 15.6 Å². The Morgan fingerprint density at radius 1 is 1.23 bits per heavy atom. The number of carboxylic acid groups (broad SMARTS) is 1. The number of amides is 2. The maximum Gasteiger partial charge on any atom is 0.337 e. The number of hydrogen-bond acceptors (Lipinski definition) is 4. The molecule has 0 spiro atoms. The van der Waals surface area contributed by atoms with Crippen LogP contribution in [0.25, 0.3) is 0 Å². The molecule has 1 aromatic rings. The highest BCUT2D eigenvalue weighted by Gasteiger charge is 2.34. The Kier molecular flexibility index (Phi) is 5.98. The largest absolute Gasteiger partial charge is 0.481 e. The third-order valence-electron chi connectivity index (χ3n) is 5.38. The van der Waals surface area contributed by atoms with Crippen molar-refractivity contribution in [1.29, 1.82) is 0 Å². The third-order valence-corrected chi connectivity index (χ3v) is 5.38. The van der Waals surface area contributed by atoms with Crippen LogP contribution in [0.15, 0.2) is 24.3 Å². The molecule has 3 N–H and O–H groups in total. The summed E-state index contributed by atoms with van der Waals surface area (Å²) in [4.78, 5) is 24.9. The van der Waals surface area contributed by atoms with Crippen molar-refractivity contribution >= 4 is 17.7 Å². The molecule has 1 aromatic carbocycles. The van der Waals surface area contributed by atoms with E-state index in [-0.39, 0.29) is 18.6 Å².